The molecule has 22 heavy (non-hydrogen) atoms. The van der Waals surface area contributed by atoms with E-state index in [1.165, 1.54) is 11.1 Å². The molecule has 2 heteroatoms. The molecular weight excluding hydrogens is 270 g/mol. The monoisotopic (exact) mass is 297 g/mol. The van der Waals surface area contributed by atoms with Gasteiger partial charge in [0, 0.05) is 28.6 Å². The van der Waals surface area contributed by atoms with Gasteiger partial charge in [0.1, 0.15) is 0 Å². The minimum absolute atomic E-state index is 0.126. The summed E-state index contributed by atoms with van der Waals surface area (Å²) in [7, 11) is 0. The Labute approximate surface area is 133 Å². The van der Waals surface area contributed by atoms with Crippen LogP contribution in [0.5, 0.6) is 0 Å². The largest absolute Gasteiger partial charge is 0.358 e. The molecule has 0 spiro atoms. The van der Waals surface area contributed by atoms with E-state index in [4.69, 9.17) is 0 Å². The molecule has 0 aliphatic heterocycles. The van der Waals surface area contributed by atoms with E-state index in [2.05, 4.69) is 64.7 Å². The Morgan fingerprint density at radius 1 is 1.05 bits per heavy atom. The highest BCUT2D eigenvalue weighted by Crippen LogP contribution is 2.29. The maximum Gasteiger partial charge on any atom is 0.185 e. The molecule has 1 aromatic heterocycles. The molecule has 0 atom stereocenters. The van der Waals surface area contributed by atoms with Gasteiger partial charge in [-0.15, -0.1) is 0 Å². The van der Waals surface area contributed by atoms with Crippen molar-refractivity contribution in [2.24, 2.45) is 0 Å². The van der Waals surface area contributed by atoms with E-state index in [-0.39, 0.29) is 16.8 Å². The highest BCUT2D eigenvalue weighted by molar-refractivity contribution is 5.64. The second kappa shape index (κ2) is 5.75. The third kappa shape index (κ3) is 3.16. The molecule has 118 valence electrons. The number of H-pyrrole nitrogens is 1. The summed E-state index contributed by atoms with van der Waals surface area (Å²) in [5.41, 5.74) is 6.62. The standard InChI is InChI=1S/C20H27NO/c1-12(2)19-14(4)21-17(11-18(19)22)16-9-8-15(10-13(16)3)20(5,6)7/h8-12H,1-7H3,(H,21,22). The molecule has 0 radical (unpaired) electrons. The average molecular weight is 297 g/mol. The molecule has 1 heterocycles. The van der Waals surface area contributed by atoms with Crippen LogP contribution in [0.25, 0.3) is 11.3 Å². The first kappa shape index (κ1) is 16.5. The van der Waals surface area contributed by atoms with Gasteiger partial charge in [0.05, 0.1) is 0 Å². The topological polar surface area (TPSA) is 32.9 Å². The zero-order valence-corrected chi connectivity index (χ0v) is 14.8. The summed E-state index contributed by atoms with van der Waals surface area (Å²) < 4.78 is 0. The van der Waals surface area contributed by atoms with Crippen molar-refractivity contribution in [2.45, 2.75) is 59.8 Å². The molecule has 2 nitrogen and oxygen atoms in total. The maximum atomic E-state index is 12.4. The predicted molar refractivity (Wildman–Crippen MR) is 94.8 cm³/mol. The number of aromatic amines is 1. The number of pyridine rings is 1. The van der Waals surface area contributed by atoms with Crippen LogP contribution >= 0.6 is 0 Å². The molecule has 0 fully saturated rings. The summed E-state index contributed by atoms with van der Waals surface area (Å²) in [5.74, 6) is 0.238. The summed E-state index contributed by atoms with van der Waals surface area (Å²) in [6, 6.07) is 8.24. The molecule has 0 aliphatic rings. The fraction of sp³-hybridized carbons (Fsp3) is 0.450. The van der Waals surface area contributed by atoms with Crippen LogP contribution in [0.15, 0.2) is 29.1 Å². The zero-order chi connectivity index (χ0) is 16.7. The highest BCUT2D eigenvalue weighted by Gasteiger charge is 2.16. The number of rotatable bonds is 2. The molecule has 0 unspecified atom stereocenters. The number of benzene rings is 1. The fourth-order valence-electron chi connectivity index (χ4n) is 2.99. The Hall–Kier alpha value is -1.83. The van der Waals surface area contributed by atoms with Crippen molar-refractivity contribution >= 4 is 0 Å². The molecule has 1 N–H and O–H groups in total. The Morgan fingerprint density at radius 3 is 2.14 bits per heavy atom. The SMILES string of the molecule is Cc1cc(C(C)(C)C)ccc1-c1cc(=O)c(C(C)C)c(C)[nH]1. The van der Waals surface area contributed by atoms with Crippen molar-refractivity contribution in [3.8, 4) is 11.3 Å². The van der Waals surface area contributed by atoms with Gasteiger partial charge in [0.2, 0.25) is 0 Å². The number of aromatic nitrogens is 1. The van der Waals surface area contributed by atoms with Crippen molar-refractivity contribution in [2.75, 3.05) is 0 Å². The van der Waals surface area contributed by atoms with Crippen LogP contribution in [-0.2, 0) is 5.41 Å². The normalized spacial score (nSPS) is 12.0. The van der Waals surface area contributed by atoms with E-state index in [0.29, 0.717) is 0 Å². The second-order valence-corrected chi connectivity index (χ2v) is 7.52. The first-order valence-electron chi connectivity index (χ1n) is 7.96. The lowest BCUT2D eigenvalue weighted by Gasteiger charge is -2.21. The van der Waals surface area contributed by atoms with Crippen LogP contribution in [0.2, 0.25) is 0 Å². The van der Waals surface area contributed by atoms with E-state index in [1.807, 2.05) is 6.92 Å². The van der Waals surface area contributed by atoms with E-state index in [9.17, 15) is 4.79 Å². The van der Waals surface area contributed by atoms with Gasteiger partial charge < -0.3 is 4.98 Å². The first-order valence-corrected chi connectivity index (χ1v) is 7.96. The van der Waals surface area contributed by atoms with Crippen LogP contribution < -0.4 is 5.43 Å². The smallest absolute Gasteiger partial charge is 0.185 e. The molecule has 2 aromatic rings. The van der Waals surface area contributed by atoms with Crippen LogP contribution in [-0.4, -0.2) is 4.98 Å². The first-order chi connectivity index (χ1) is 10.1. The molecule has 0 saturated heterocycles. The van der Waals surface area contributed by atoms with Gasteiger partial charge in [-0.25, -0.2) is 0 Å². The Balaban J connectivity index is 2.56. The molecule has 2 rings (SSSR count). The Morgan fingerprint density at radius 2 is 1.68 bits per heavy atom. The van der Waals surface area contributed by atoms with Crippen molar-refractivity contribution in [3.63, 3.8) is 0 Å². The average Bonchev–Trinajstić information content (AvgIpc) is 2.35. The van der Waals surface area contributed by atoms with E-state index >= 15 is 0 Å². The van der Waals surface area contributed by atoms with Gasteiger partial charge in [-0.1, -0.05) is 52.8 Å². The molecule has 0 saturated carbocycles. The van der Waals surface area contributed by atoms with Crippen LogP contribution in [0.1, 0.15) is 62.9 Å². The van der Waals surface area contributed by atoms with Gasteiger partial charge in [-0.05, 0) is 36.3 Å². The summed E-state index contributed by atoms with van der Waals surface area (Å²) in [4.78, 5) is 15.8. The van der Waals surface area contributed by atoms with E-state index in [1.54, 1.807) is 6.07 Å². The molecular formula is C20H27NO. The maximum absolute atomic E-state index is 12.4. The number of hydrogen-bond donors (Lipinski definition) is 1. The van der Waals surface area contributed by atoms with Gasteiger partial charge >= 0.3 is 0 Å². The van der Waals surface area contributed by atoms with Gasteiger partial charge in [0.15, 0.2) is 5.43 Å². The van der Waals surface area contributed by atoms with Gasteiger partial charge in [0.25, 0.3) is 0 Å². The summed E-state index contributed by atoms with van der Waals surface area (Å²) in [6.07, 6.45) is 0. The van der Waals surface area contributed by atoms with E-state index < -0.39 is 0 Å². The van der Waals surface area contributed by atoms with Crippen molar-refractivity contribution in [3.05, 3.63) is 56.9 Å². The highest BCUT2D eigenvalue weighted by atomic mass is 16.1. The molecule has 1 aromatic carbocycles. The fourth-order valence-corrected chi connectivity index (χ4v) is 2.99. The van der Waals surface area contributed by atoms with Gasteiger partial charge in [-0.3, -0.25) is 4.79 Å². The Kier molecular flexibility index (Phi) is 4.32. The summed E-state index contributed by atoms with van der Waals surface area (Å²) in [5, 5.41) is 0. The quantitative estimate of drug-likeness (QED) is 0.823. The van der Waals surface area contributed by atoms with Crippen LogP contribution in [0.4, 0.5) is 0 Å². The number of nitrogens with one attached hydrogen (secondary N) is 1. The van der Waals surface area contributed by atoms with Gasteiger partial charge in [-0.2, -0.15) is 0 Å². The zero-order valence-electron chi connectivity index (χ0n) is 14.8. The molecule has 0 bridgehead atoms. The number of hydrogen-bond acceptors (Lipinski definition) is 1. The predicted octanol–water partition coefficient (Wildman–Crippen LogP) is 5.08. The van der Waals surface area contributed by atoms with Crippen LogP contribution in [0.3, 0.4) is 0 Å². The van der Waals surface area contributed by atoms with Crippen molar-refractivity contribution in [1.82, 2.24) is 4.98 Å². The van der Waals surface area contributed by atoms with Crippen LogP contribution in [0, 0.1) is 13.8 Å². The van der Waals surface area contributed by atoms with Crippen molar-refractivity contribution in [1.29, 1.82) is 0 Å². The lowest BCUT2D eigenvalue weighted by molar-refractivity contribution is 0.590. The molecule has 0 amide bonds. The third-order valence-corrected chi connectivity index (χ3v) is 4.23. The van der Waals surface area contributed by atoms with E-state index in [0.717, 1.165) is 22.5 Å². The minimum Gasteiger partial charge on any atom is -0.358 e. The molecule has 0 aliphatic carbocycles. The number of aryl methyl sites for hydroxylation is 2. The summed E-state index contributed by atoms with van der Waals surface area (Å²) >= 11 is 0. The minimum atomic E-state index is 0.126. The van der Waals surface area contributed by atoms with Crippen molar-refractivity contribution < 1.29 is 0 Å². The lowest BCUT2D eigenvalue weighted by atomic mass is 9.85. The Bertz CT molecular complexity index is 745. The summed E-state index contributed by atoms with van der Waals surface area (Å²) in [6.45, 7) is 14.8. The second-order valence-electron chi connectivity index (χ2n) is 7.52. The lowest BCUT2D eigenvalue weighted by Crippen LogP contribution is -2.14. The third-order valence-electron chi connectivity index (χ3n) is 4.23.